The lowest BCUT2D eigenvalue weighted by molar-refractivity contribution is -0.115. The zero-order chi connectivity index (χ0) is 23.4. The number of hydrogen-bond donors (Lipinski definition) is 2. The summed E-state index contributed by atoms with van der Waals surface area (Å²) in [6.45, 7) is 1.67. The molecule has 0 aliphatic heterocycles. The average Bonchev–Trinajstić information content (AvgIpc) is 3.22. The van der Waals surface area contributed by atoms with Crippen molar-refractivity contribution in [3.8, 4) is 17.2 Å². The Balaban J connectivity index is 1.61. The normalized spacial score (nSPS) is 11.3. The fourth-order valence-corrected chi connectivity index (χ4v) is 4.48. The third kappa shape index (κ3) is 5.24. The van der Waals surface area contributed by atoms with Crippen molar-refractivity contribution < 1.29 is 13.2 Å². The van der Waals surface area contributed by atoms with Gasteiger partial charge in [0.2, 0.25) is 11.9 Å². The molecular formula is C23H21N5O4S. The van der Waals surface area contributed by atoms with Crippen LogP contribution in [0.15, 0.2) is 82.5 Å². The van der Waals surface area contributed by atoms with Crippen molar-refractivity contribution in [1.82, 2.24) is 19.7 Å². The Hall–Kier alpha value is -4.05. The lowest BCUT2D eigenvalue weighted by atomic mass is 10.1. The van der Waals surface area contributed by atoms with Crippen LogP contribution >= 0.6 is 0 Å². The summed E-state index contributed by atoms with van der Waals surface area (Å²) in [7, 11) is -3.60. The second-order valence-corrected chi connectivity index (χ2v) is 9.44. The summed E-state index contributed by atoms with van der Waals surface area (Å²) in [5.41, 5.74) is 1.47. The van der Waals surface area contributed by atoms with Crippen LogP contribution in [0.2, 0.25) is 0 Å². The van der Waals surface area contributed by atoms with Gasteiger partial charge in [0.1, 0.15) is 5.82 Å². The summed E-state index contributed by atoms with van der Waals surface area (Å²) < 4.78 is 26.3. The predicted octanol–water partition coefficient (Wildman–Crippen LogP) is 2.73. The van der Waals surface area contributed by atoms with E-state index in [-0.39, 0.29) is 34.4 Å². The molecule has 4 rings (SSSR count). The number of aromatic amines is 1. The standard InChI is InChI=1S/C23H21N5O4S/c1-16-14-22(30)26-23(24-16)28-20(15-19(27-28)17-8-4-2-5-9-17)25-21(29)12-13-33(31,32)18-10-6-3-7-11-18/h2-11,14-15H,12-13H2,1H3,(H,25,29)(H,24,26,30). The van der Waals surface area contributed by atoms with Crippen LogP contribution in [-0.4, -0.2) is 39.8 Å². The summed E-state index contributed by atoms with van der Waals surface area (Å²) in [4.78, 5) is 31.7. The lowest BCUT2D eigenvalue weighted by Crippen LogP contribution is -2.21. The monoisotopic (exact) mass is 463 g/mol. The van der Waals surface area contributed by atoms with Gasteiger partial charge in [-0.25, -0.2) is 13.4 Å². The third-order valence-electron chi connectivity index (χ3n) is 4.80. The molecule has 1 amide bonds. The van der Waals surface area contributed by atoms with Crippen LogP contribution in [0.25, 0.3) is 17.2 Å². The molecule has 2 N–H and O–H groups in total. The fourth-order valence-electron chi connectivity index (χ4n) is 3.22. The first-order valence-corrected chi connectivity index (χ1v) is 11.8. The zero-order valence-electron chi connectivity index (χ0n) is 17.7. The number of carbonyl (C=O) groups is 1. The van der Waals surface area contributed by atoms with E-state index in [9.17, 15) is 18.0 Å². The molecule has 2 aromatic heterocycles. The molecule has 0 unspecified atom stereocenters. The number of benzene rings is 2. The molecule has 4 aromatic rings. The van der Waals surface area contributed by atoms with Gasteiger partial charge < -0.3 is 5.32 Å². The summed E-state index contributed by atoms with van der Waals surface area (Å²) >= 11 is 0. The van der Waals surface area contributed by atoms with Gasteiger partial charge in [-0.1, -0.05) is 48.5 Å². The first kappa shape index (κ1) is 22.2. The van der Waals surface area contributed by atoms with Crippen LogP contribution in [0.3, 0.4) is 0 Å². The quantitative estimate of drug-likeness (QED) is 0.434. The number of amides is 1. The minimum Gasteiger partial charge on any atom is -0.310 e. The average molecular weight is 464 g/mol. The second kappa shape index (κ2) is 9.21. The van der Waals surface area contributed by atoms with Crippen molar-refractivity contribution in [2.24, 2.45) is 0 Å². The van der Waals surface area contributed by atoms with Crippen molar-refractivity contribution in [2.45, 2.75) is 18.2 Å². The molecule has 2 heterocycles. The Labute approximate surface area is 190 Å². The number of sulfone groups is 1. The zero-order valence-corrected chi connectivity index (χ0v) is 18.5. The predicted molar refractivity (Wildman–Crippen MR) is 124 cm³/mol. The molecule has 0 fully saturated rings. The van der Waals surface area contributed by atoms with Gasteiger partial charge in [0.05, 0.1) is 16.3 Å². The molecule has 33 heavy (non-hydrogen) atoms. The van der Waals surface area contributed by atoms with E-state index in [4.69, 9.17) is 0 Å². The number of carbonyl (C=O) groups excluding carboxylic acids is 1. The Kier molecular flexibility index (Phi) is 6.18. The second-order valence-electron chi connectivity index (χ2n) is 7.33. The van der Waals surface area contributed by atoms with E-state index in [1.807, 2.05) is 30.3 Å². The van der Waals surface area contributed by atoms with Gasteiger partial charge in [0.25, 0.3) is 5.56 Å². The van der Waals surface area contributed by atoms with Crippen LogP contribution in [0.5, 0.6) is 0 Å². The van der Waals surface area contributed by atoms with Crippen LogP contribution in [-0.2, 0) is 14.6 Å². The number of anilines is 1. The third-order valence-corrected chi connectivity index (χ3v) is 6.54. The van der Waals surface area contributed by atoms with Gasteiger partial charge in [-0.15, -0.1) is 0 Å². The Morgan fingerprint density at radius 3 is 2.36 bits per heavy atom. The molecule has 0 saturated heterocycles. The SMILES string of the molecule is Cc1cc(=O)[nH]c(-n2nc(-c3ccccc3)cc2NC(=O)CCS(=O)(=O)c2ccccc2)n1. The van der Waals surface area contributed by atoms with E-state index in [2.05, 4.69) is 20.4 Å². The van der Waals surface area contributed by atoms with Crippen molar-refractivity contribution >= 4 is 21.6 Å². The molecule has 0 aliphatic rings. The number of H-pyrrole nitrogens is 1. The molecule has 0 saturated carbocycles. The molecule has 9 nitrogen and oxygen atoms in total. The largest absolute Gasteiger partial charge is 0.310 e. The molecule has 2 aromatic carbocycles. The van der Waals surface area contributed by atoms with Crippen molar-refractivity contribution in [2.75, 3.05) is 11.1 Å². The van der Waals surface area contributed by atoms with E-state index >= 15 is 0 Å². The van der Waals surface area contributed by atoms with E-state index in [0.717, 1.165) is 5.56 Å². The summed E-state index contributed by atoms with van der Waals surface area (Å²) in [5, 5.41) is 7.19. The van der Waals surface area contributed by atoms with Gasteiger partial charge in [0, 0.05) is 29.8 Å². The minimum absolute atomic E-state index is 0.134. The van der Waals surface area contributed by atoms with Gasteiger partial charge in [-0.05, 0) is 19.1 Å². The number of aryl methyl sites for hydroxylation is 1. The summed E-state index contributed by atoms with van der Waals surface area (Å²) in [5.74, 6) is -0.466. The van der Waals surface area contributed by atoms with Gasteiger partial charge in [0.15, 0.2) is 9.84 Å². The maximum absolute atomic E-state index is 12.6. The smallest absolute Gasteiger partial charge is 0.252 e. The maximum atomic E-state index is 12.6. The summed E-state index contributed by atoms with van der Waals surface area (Å²) in [6.07, 6.45) is -0.249. The molecule has 0 atom stereocenters. The highest BCUT2D eigenvalue weighted by Gasteiger charge is 2.19. The van der Waals surface area contributed by atoms with Crippen molar-refractivity contribution in [3.05, 3.63) is 88.8 Å². The minimum atomic E-state index is -3.60. The van der Waals surface area contributed by atoms with Crippen LogP contribution < -0.4 is 10.9 Å². The molecule has 0 spiro atoms. The number of rotatable bonds is 7. The van der Waals surface area contributed by atoms with Gasteiger partial charge in [-0.2, -0.15) is 9.78 Å². The molecule has 168 valence electrons. The number of hydrogen-bond acceptors (Lipinski definition) is 6. The Morgan fingerprint density at radius 2 is 1.70 bits per heavy atom. The van der Waals surface area contributed by atoms with E-state index in [1.165, 1.54) is 22.9 Å². The molecule has 0 bridgehead atoms. The maximum Gasteiger partial charge on any atom is 0.252 e. The van der Waals surface area contributed by atoms with Gasteiger partial charge >= 0.3 is 0 Å². The molecule has 10 heteroatoms. The number of aromatic nitrogens is 4. The van der Waals surface area contributed by atoms with Crippen molar-refractivity contribution in [3.63, 3.8) is 0 Å². The summed E-state index contributed by atoms with van der Waals surface area (Å²) in [6, 6.07) is 20.3. The molecular weight excluding hydrogens is 442 g/mol. The number of nitrogens with one attached hydrogen (secondary N) is 2. The Morgan fingerprint density at radius 1 is 1.03 bits per heavy atom. The highest BCUT2D eigenvalue weighted by Crippen LogP contribution is 2.23. The van der Waals surface area contributed by atoms with E-state index < -0.39 is 15.7 Å². The van der Waals surface area contributed by atoms with Crippen LogP contribution in [0, 0.1) is 6.92 Å². The lowest BCUT2D eigenvalue weighted by Gasteiger charge is -2.09. The van der Waals surface area contributed by atoms with Crippen LogP contribution in [0.4, 0.5) is 5.82 Å². The van der Waals surface area contributed by atoms with Crippen LogP contribution in [0.1, 0.15) is 12.1 Å². The van der Waals surface area contributed by atoms with E-state index in [1.54, 1.807) is 31.2 Å². The molecule has 0 aliphatic carbocycles. The Bertz CT molecular complexity index is 1450. The fraction of sp³-hybridized carbons (Fsp3) is 0.130. The van der Waals surface area contributed by atoms with Gasteiger partial charge in [-0.3, -0.25) is 14.6 Å². The highest BCUT2D eigenvalue weighted by atomic mass is 32.2. The first-order valence-electron chi connectivity index (χ1n) is 10.1. The van der Waals surface area contributed by atoms with E-state index in [0.29, 0.717) is 11.4 Å². The van der Waals surface area contributed by atoms with Crippen molar-refractivity contribution in [1.29, 1.82) is 0 Å². The topological polar surface area (TPSA) is 127 Å². The first-order chi connectivity index (χ1) is 15.8. The molecule has 0 radical (unpaired) electrons. The number of nitrogens with zero attached hydrogens (tertiary/aromatic N) is 3. The highest BCUT2D eigenvalue weighted by molar-refractivity contribution is 7.91.